The number of aromatic amines is 1. The highest BCUT2D eigenvalue weighted by molar-refractivity contribution is 5.74. The molecule has 0 saturated carbocycles. The normalized spacial score (nSPS) is 11.5. The molecule has 0 radical (unpaired) electrons. The van der Waals surface area contributed by atoms with Gasteiger partial charge < -0.3 is 14.5 Å². The van der Waals surface area contributed by atoms with E-state index >= 15 is 0 Å². The number of aryl methyl sites for hydroxylation is 1. The molecule has 1 aromatic carbocycles. The van der Waals surface area contributed by atoms with Gasteiger partial charge in [0.25, 0.3) is 0 Å². The van der Waals surface area contributed by atoms with E-state index in [1.807, 2.05) is 6.07 Å². The van der Waals surface area contributed by atoms with Crippen LogP contribution in [0.25, 0.3) is 28.0 Å². The van der Waals surface area contributed by atoms with Gasteiger partial charge in [0.2, 0.25) is 0 Å². The summed E-state index contributed by atoms with van der Waals surface area (Å²) in [5.41, 5.74) is 2.01. The number of fused-ring (bicyclic) bond motifs is 2. The molecule has 0 bridgehead atoms. The molecule has 0 fully saturated rings. The molecule has 0 aliphatic heterocycles. The third-order valence-corrected chi connectivity index (χ3v) is 4.61. The summed E-state index contributed by atoms with van der Waals surface area (Å²) in [5, 5.41) is 0. The summed E-state index contributed by atoms with van der Waals surface area (Å²) in [7, 11) is 1.80. The highest BCUT2D eigenvalue weighted by Gasteiger charge is 2.14. The van der Waals surface area contributed by atoms with E-state index in [1.54, 1.807) is 48.1 Å². The second kappa shape index (κ2) is 7.20. The molecule has 0 atom stereocenters. The molecule has 156 valence electrons. The lowest BCUT2D eigenvalue weighted by atomic mass is 10.3. The molecular formula is C20H14F2N6O3. The molecule has 4 heterocycles. The van der Waals surface area contributed by atoms with Crippen molar-refractivity contribution in [2.45, 2.75) is 6.61 Å². The standard InChI is InChI=1S/C20H14F2N6O3/c1-27-16-14(3-2-8-23-16)26-20(27)31-12-6-4-11(5-7-12)28-17-15(25-19(28)29)9-13(10-24-17)30-18(21)22/h2-10,18H,1H3,(H,25,29). The molecule has 5 rings (SSSR count). The summed E-state index contributed by atoms with van der Waals surface area (Å²) in [6.07, 6.45) is 2.81. The maximum absolute atomic E-state index is 12.4. The van der Waals surface area contributed by atoms with Gasteiger partial charge in [0, 0.05) is 19.3 Å². The van der Waals surface area contributed by atoms with Crippen molar-refractivity contribution >= 4 is 22.3 Å². The lowest BCUT2D eigenvalue weighted by Gasteiger charge is -2.07. The van der Waals surface area contributed by atoms with E-state index in [4.69, 9.17) is 4.74 Å². The Kier molecular flexibility index (Phi) is 4.35. The van der Waals surface area contributed by atoms with Gasteiger partial charge in [-0.15, -0.1) is 0 Å². The average Bonchev–Trinajstić information content (AvgIpc) is 3.24. The van der Waals surface area contributed by atoms with E-state index in [0.29, 0.717) is 28.6 Å². The van der Waals surface area contributed by atoms with Gasteiger partial charge in [0.05, 0.1) is 17.4 Å². The Hall–Kier alpha value is -4.28. The maximum atomic E-state index is 12.4. The molecule has 31 heavy (non-hydrogen) atoms. The second-order valence-electron chi connectivity index (χ2n) is 6.58. The minimum atomic E-state index is -2.98. The Balaban J connectivity index is 1.45. The molecule has 0 amide bonds. The first-order valence-electron chi connectivity index (χ1n) is 9.11. The summed E-state index contributed by atoms with van der Waals surface area (Å²) in [6, 6.07) is 12.0. The monoisotopic (exact) mass is 424 g/mol. The van der Waals surface area contributed by atoms with Crippen LogP contribution in [-0.2, 0) is 7.05 Å². The lowest BCUT2D eigenvalue weighted by Crippen LogP contribution is -2.14. The first kappa shape index (κ1) is 18.7. The van der Waals surface area contributed by atoms with Crippen LogP contribution >= 0.6 is 0 Å². The number of benzene rings is 1. The average molecular weight is 424 g/mol. The number of pyridine rings is 2. The van der Waals surface area contributed by atoms with Gasteiger partial charge in [-0.2, -0.15) is 13.8 Å². The van der Waals surface area contributed by atoms with E-state index in [1.165, 1.54) is 10.6 Å². The zero-order valence-corrected chi connectivity index (χ0v) is 16.0. The number of hydrogen-bond acceptors (Lipinski definition) is 6. The Morgan fingerprint density at radius 1 is 1.06 bits per heavy atom. The third kappa shape index (κ3) is 3.35. The fraction of sp³-hybridized carbons (Fsp3) is 0.100. The van der Waals surface area contributed by atoms with E-state index in [2.05, 4.69) is 24.7 Å². The number of H-pyrrole nitrogens is 1. The fourth-order valence-corrected chi connectivity index (χ4v) is 3.25. The smallest absolute Gasteiger partial charge is 0.387 e. The first-order chi connectivity index (χ1) is 15.0. The number of imidazole rings is 2. The summed E-state index contributed by atoms with van der Waals surface area (Å²) < 4.78 is 38.0. The predicted molar refractivity (Wildman–Crippen MR) is 107 cm³/mol. The van der Waals surface area contributed by atoms with Crippen molar-refractivity contribution in [3.8, 4) is 23.2 Å². The Morgan fingerprint density at radius 3 is 2.61 bits per heavy atom. The number of nitrogens with one attached hydrogen (secondary N) is 1. The molecule has 0 spiro atoms. The number of ether oxygens (including phenoxy) is 2. The molecule has 0 aliphatic carbocycles. The quantitative estimate of drug-likeness (QED) is 0.464. The number of hydrogen-bond donors (Lipinski definition) is 1. The summed E-state index contributed by atoms with van der Waals surface area (Å²) >= 11 is 0. The lowest BCUT2D eigenvalue weighted by molar-refractivity contribution is -0.0499. The Bertz CT molecular complexity index is 1460. The summed E-state index contributed by atoms with van der Waals surface area (Å²) in [6.45, 7) is -2.98. The fourth-order valence-electron chi connectivity index (χ4n) is 3.25. The summed E-state index contributed by atoms with van der Waals surface area (Å²) in [4.78, 5) is 27.8. The highest BCUT2D eigenvalue weighted by Crippen LogP contribution is 2.25. The van der Waals surface area contributed by atoms with Crippen LogP contribution in [0.2, 0.25) is 0 Å². The van der Waals surface area contributed by atoms with Crippen molar-refractivity contribution in [1.82, 2.24) is 29.1 Å². The van der Waals surface area contributed by atoms with E-state index < -0.39 is 12.3 Å². The van der Waals surface area contributed by atoms with Crippen LogP contribution in [0.3, 0.4) is 0 Å². The van der Waals surface area contributed by atoms with Gasteiger partial charge in [0.1, 0.15) is 17.0 Å². The molecule has 11 heteroatoms. The molecule has 0 saturated heterocycles. The van der Waals surface area contributed by atoms with Crippen molar-refractivity contribution in [3.63, 3.8) is 0 Å². The molecule has 0 unspecified atom stereocenters. The number of alkyl halides is 2. The van der Waals surface area contributed by atoms with Crippen LogP contribution in [0.4, 0.5) is 8.78 Å². The first-order valence-corrected chi connectivity index (χ1v) is 9.11. The van der Waals surface area contributed by atoms with Crippen LogP contribution in [0.5, 0.6) is 17.5 Å². The number of nitrogens with zero attached hydrogens (tertiary/aromatic N) is 5. The zero-order valence-electron chi connectivity index (χ0n) is 16.0. The van der Waals surface area contributed by atoms with Gasteiger partial charge in [-0.1, -0.05) is 0 Å². The SMILES string of the molecule is Cn1c(Oc2ccc(-n3c(=O)[nH]c4cc(OC(F)F)cnc43)cc2)nc2cccnc21. The third-order valence-electron chi connectivity index (χ3n) is 4.61. The molecular weight excluding hydrogens is 410 g/mol. The summed E-state index contributed by atoms with van der Waals surface area (Å²) in [5.74, 6) is 0.368. The highest BCUT2D eigenvalue weighted by atomic mass is 19.3. The van der Waals surface area contributed by atoms with E-state index in [-0.39, 0.29) is 16.9 Å². The van der Waals surface area contributed by atoms with Crippen molar-refractivity contribution in [1.29, 1.82) is 0 Å². The van der Waals surface area contributed by atoms with Crippen LogP contribution in [0.15, 0.2) is 59.7 Å². The number of rotatable bonds is 5. The minimum Gasteiger partial charge on any atom is -0.433 e. The number of aromatic nitrogens is 6. The molecule has 4 aromatic heterocycles. The largest absolute Gasteiger partial charge is 0.433 e. The topological polar surface area (TPSA) is 99.8 Å². The van der Waals surface area contributed by atoms with Gasteiger partial charge in [-0.05, 0) is 36.4 Å². The van der Waals surface area contributed by atoms with Crippen LogP contribution in [0, 0.1) is 0 Å². The zero-order chi connectivity index (χ0) is 21.5. The Labute approximate surface area is 172 Å². The van der Waals surface area contributed by atoms with Gasteiger partial charge in [-0.25, -0.2) is 19.3 Å². The molecule has 5 aromatic rings. The van der Waals surface area contributed by atoms with Crippen molar-refractivity contribution < 1.29 is 18.3 Å². The van der Waals surface area contributed by atoms with Crippen LogP contribution < -0.4 is 15.2 Å². The van der Waals surface area contributed by atoms with Crippen molar-refractivity contribution in [2.24, 2.45) is 7.05 Å². The minimum absolute atomic E-state index is 0.142. The van der Waals surface area contributed by atoms with E-state index in [9.17, 15) is 13.6 Å². The van der Waals surface area contributed by atoms with Crippen LogP contribution in [-0.4, -0.2) is 35.7 Å². The second-order valence-corrected chi connectivity index (χ2v) is 6.58. The van der Waals surface area contributed by atoms with Crippen molar-refractivity contribution in [2.75, 3.05) is 0 Å². The molecule has 1 N–H and O–H groups in total. The predicted octanol–water partition coefficient (Wildman–Crippen LogP) is 3.39. The Morgan fingerprint density at radius 2 is 1.87 bits per heavy atom. The van der Waals surface area contributed by atoms with Crippen LogP contribution in [0.1, 0.15) is 0 Å². The van der Waals surface area contributed by atoms with Crippen molar-refractivity contribution in [3.05, 3.63) is 65.3 Å². The molecule has 0 aliphatic rings. The van der Waals surface area contributed by atoms with Gasteiger partial charge in [-0.3, -0.25) is 4.57 Å². The van der Waals surface area contributed by atoms with E-state index in [0.717, 1.165) is 6.20 Å². The van der Waals surface area contributed by atoms with Gasteiger partial charge in [0.15, 0.2) is 11.3 Å². The molecule has 9 nitrogen and oxygen atoms in total. The number of halogens is 2. The van der Waals surface area contributed by atoms with Gasteiger partial charge >= 0.3 is 18.3 Å². The maximum Gasteiger partial charge on any atom is 0.387 e.